The number of aryl methyl sites for hydroxylation is 2. The van der Waals surface area contributed by atoms with Crippen LogP contribution in [0.3, 0.4) is 0 Å². The number of benzene rings is 2. The van der Waals surface area contributed by atoms with Crippen LogP contribution >= 0.6 is 11.8 Å². The number of nitrogens with zero attached hydrogens (tertiary/aromatic N) is 12. The Morgan fingerprint density at radius 2 is 0.896 bits per heavy atom. The van der Waals surface area contributed by atoms with Crippen molar-refractivity contribution in [1.82, 2.24) is 49.6 Å². The van der Waals surface area contributed by atoms with Crippen molar-refractivity contribution in [2.75, 3.05) is 80.1 Å². The van der Waals surface area contributed by atoms with Crippen LogP contribution in [0.25, 0.3) is 0 Å². The molecule has 144 heavy (non-hydrogen) atoms. The predicted molar refractivity (Wildman–Crippen MR) is 532 cm³/mol. The molecule has 0 radical (unpaired) electrons. The Labute approximate surface area is 853 Å². The summed E-state index contributed by atoms with van der Waals surface area (Å²) in [6.45, 7) is 37.5. The number of esters is 2. The van der Waals surface area contributed by atoms with Crippen LogP contribution in [-0.4, -0.2) is 392 Å². The van der Waals surface area contributed by atoms with Crippen LogP contribution in [0.4, 0.5) is 11.4 Å². The minimum absolute atomic E-state index is 0.00194. The van der Waals surface area contributed by atoms with Gasteiger partial charge in [-0.3, -0.25) is 39.2 Å². The van der Waals surface area contributed by atoms with E-state index in [1.165, 1.54) is 52.3 Å². The van der Waals surface area contributed by atoms with E-state index in [2.05, 4.69) is 25.5 Å². The first-order valence-electron chi connectivity index (χ1n) is 50.8. The zero-order valence-corrected chi connectivity index (χ0v) is 90.7. The summed E-state index contributed by atoms with van der Waals surface area (Å²) in [4.78, 5) is 58.7. The van der Waals surface area contributed by atoms with Gasteiger partial charge in [-0.15, -0.1) is 22.0 Å². The summed E-state index contributed by atoms with van der Waals surface area (Å²) in [6.07, 6.45) is -13.0. The molecule has 2 aromatic carbocycles. The van der Waals surface area contributed by atoms with Gasteiger partial charge in [0.25, 0.3) is 11.4 Å². The number of thioether (sulfide) groups is 1. The molecule has 6 fully saturated rings. The molecule has 0 spiro atoms. The van der Waals surface area contributed by atoms with Gasteiger partial charge in [-0.25, -0.2) is 8.42 Å². The van der Waals surface area contributed by atoms with Crippen LogP contribution in [0, 0.1) is 55.7 Å². The highest BCUT2D eigenvalue weighted by molar-refractivity contribution is 7.99. The monoisotopic (exact) mass is 2080 g/mol. The molecular formula is C100H168N12O30S2. The van der Waals surface area contributed by atoms with Crippen molar-refractivity contribution < 1.29 is 136 Å². The SMILES string of the molecule is CC[C@H]1OC(=O)[C@H](C)[C@@H](O[C@H]2C[C@@](C)(OC)[C@@H](O)[C@H](C)O2)[C@H](C)[C@@H](O[C@@H]2O[C@H](C)C[C@H](N(C)CCc3cn(CCCS(=O)(=O)c4ccc([N+](=O)[O-])cc4)nn3)[C@H]2O)[C@](C)(O)C[C@@H](C)CN(C)[C@H](C)[C@@H](O)[C@]1(C)O.CC[C@H]1OC(=O)[C@H](C)[C@@H](O[C@H]2C[C@@](C)(OC)[C@@H](O)[C@H](C)O2)[C@H](C)[C@@H](O[C@@H]2O[C@H](C)C[C@H](N(C)CCc3cn(CCCSc4ccc([N+](=O)[O-])cc4)nn3)[C@H]2O)[C@](C)(O)C[C@@H](C)CN(C)[C@H](C)[C@@H](O)[C@]1(C)O. The number of cyclic esters (lactones) is 2. The summed E-state index contributed by atoms with van der Waals surface area (Å²) in [7, 11) is 6.73. The second kappa shape index (κ2) is 51.7. The molecule has 4 aromatic rings. The molecule has 42 nitrogen and oxygen atoms in total. The number of carbonyl (C=O) groups excluding carboxylic acids is 2. The normalized spacial score (nSPS) is 39.2. The van der Waals surface area contributed by atoms with Crippen LogP contribution in [0.1, 0.15) is 214 Å². The number of rotatable bonds is 32. The van der Waals surface area contributed by atoms with E-state index >= 15 is 0 Å². The molecule has 6 aliphatic rings. The van der Waals surface area contributed by atoms with Crippen molar-refractivity contribution in [3.05, 3.63) is 92.5 Å². The third-order valence-corrected chi connectivity index (χ3v) is 33.8. The second-order valence-corrected chi connectivity index (χ2v) is 46.5. The van der Waals surface area contributed by atoms with Gasteiger partial charge in [0.2, 0.25) is 0 Å². The number of likely N-dealkylation sites (N-methyl/N-ethyl adjacent to an activating group) is 4. The fourth-order valence-corrected chi connectivity index (χ4v) is 23.9. The van der Waals surface area contributed by atoms with Crippen molar-refractivity contribution in [2.45, 2.75) is 419 Å². The van der Waals surface area contributed by atoms with Gasteiger partial charge in [0.1, 0.15) is 60.0 Å². The number of aliphatic hydroxyl groups is 10. The van der Waals surface area contributed by atoms with Gasteiger partial charge in [-0.1, -0.05) is 52.0 Å². The largest absolute Gasteiger partial charge is 0.459 e. The molecule has 0 bridgehead atoms. The lowest BCUT2D eigenvalue weighted by atomic mass is 9.77. The molecule has 0 amide bonds. The summed E-state index contributed by atoms with van der Waals surface area (Å²) in [5, 5.41) is 158. The molecular weight excluding hydrogens is 1910 g/mol. The highest BCUT2D eigenvalue weighted by atomic mass is 32.2. The molecule has 0 aliphatic carbocycles. The van der Waals surface area contributed by atoms with Crippen LogP contribution in [0.5, 0.6) is 0 Å². The smallest absolute Gasteiger partial charge is 0.311 e. The fourth-order valence-electron chi connectivity index (χ4n) is 21.8. The Hall–Kier alpha value is -6.20. The number of aliphatic hydroxyl groups excluding tert-OH is 6. The van der Waals surface area contributed by atoms with Gasteiger partial charge >= 0.3 is 11.9 Å². The highest BCUT2D eigenvalue weighted by Gasteiger charge is 2.57. The van der Waals surface area contributed by atoms with Crippen LogP contribution in [-0.2, 0) is 102 Å². The van der Waals surface area contributed by atoms with Crippen molar-refractivity contribution in [2.24, 2.45) is 35.5 Å². The van der Waals surface area contributed by atoms with Gasteiger partial charge in [0, 0.05) is 157 Å². The minimum atomic E-state index is -3.69. The Bertz CT molecular complexity index is 4800. The summed E-state index contributed by atoms with van der Waals surface area (Å²) in [5.74, 6) is -5.12. The zero-order chi connectivity index (χ0) is 107. The molecule has 10 N–H and O–H groups in total. The van der Waals surface area contributed by atoms with E-state index in [0.717, 1.165) is 34.9 Å². The predicted octanol–water partition coefficient (Wildman–Crippen LogP) is 7.07. The standard InChI is InChI=1S/C50H84N6O16S.C50H84N6O14S/c1-14-39-50(10,62)43(58)33(6)54(12)27-29(2)25-48(8,61)45(31(4)42(32(5)46(60)70-39)71-40-26-49(9,67-13)44(59)34(7)69-40)72-47-41(57)38(24-30(3)68-47)53(11)22-20-35-28-55(52-51-35)21-15-23-73(65,66)37-18-16-36(17-19-37)56(63)64;1-14-39-50(10,62)43(58)33(6)54(12)27-29(2)25-48(8,61)45(31(4)42(32(5)46(60)68-39)69-40-26-49(9,65-13)44(59)34(7)67-40)70-47-41(57)38(24-30(3)66-47)53(11)22-20-35-28-55(52-51-35)21-15-23-71-37-18-16-36(17-19-37)56(63)64/h16-19,28-34,38-45,47,57-59,61-62H,14-15,20-27H2,1-13H3;16-19,28-34,38-45,47,57-59,61-62H,14-15,20-27H2,1-13H3/t2*29-,30-,31+,32-,33-,34+,38+,39-,40+,41-,42+,43-,44+,45-,47+,48-,49-,50-/m11/s1. The molecule has 8 heterocycles. The minimum Gasteiger partial charge on any atom is -0.459 e. The molecule has 36 atom stereocenters. The van der Waals surface area contributed by atoms with Gasteiger partial charge < -0.3 is 128 Å². The molecule has 0 saturated carbocycles. The van der Waals surface area contributed by atoms with Gasteiger partial charge in [-0.05, 0) is 218 Å². The topological polar surface area (TPSA) is 542 Å². The van der Waals surface area contributed by atoms with Crippen molar-refractivity contribution in [1.29, 1.82) is 0 Å². The van der Waals surface area contributed by atoms with Gasteiger partial charge in [0.05, 0.1) is 115 Å². The van der Waals surface area contributed by atoms with Gasteiger partial charge in [-0.2, -0.15) is 0 Å². The van der Waals surface area contributed by atoms with Crippen LogP contribution < -0.4 is 0 Å². The number of carbonyl (C=O) groups is 2. The van der Waals surface area contributed by atoms with Crippen molar-refractivity contribution in [3.8, 4) is 0 Å². The third-order valence-electron chi connectivity index (χ3n) is 30.9. The van der Waals surface area contributed by atoms with E-state index in [4.69, 9.17) is 56.8 Å². The molecule has 10 rings (SSSR count). The summed E-state index contributed by atoms with van der Waals surface area (Å²) >= 11 is 1.62. The second-order valence-electron chi connectivity index (χ2n) is 43.2. The summed E-state index contributed by atoms with van der Waals surface area (Å²) in [6, 6.07) is 9.18. The number of ether oxygens (including phenoxy) is 12. The third kappa shape index (κ3) is 30.6. The number of aromatic nitrogens is 6. The maximum absolute atomic E-state index is 14.5. The van der Waals surface area contributed by atoms with Crippen molar-refractivity contribution in [3.63, 3.8) is 0 Å². The average molecular weight is 2080 g/mol. The van der Waals surface area contributed by atoms with Crippen LogP contribution in [0.2, 0.25) is 0 Å². The van der Waals surface area contributed by atoms with Gasteiger partial charge in [0.15, 0.2) is 35.0 Å². The first-order chi connectivity index (χ1) is 67.2. The number of hydrogen-bond donors (Lipinski definition) is 10. The molecule has 6 aliphatic heterocycles. The molecule has 6 saturated heterocycles. The van der Waals surface area contributed by atoms with Crippen molar-refractivity contribution >= 4 is 44.9 Å². The molecule has 2 aromatic heterocycles. The summed E-state index contributed by atoms with van der Waals surface area (Å²) in [5.41, 5.74) is -7.87. The highest BCUT2D eigenvalue weighted by Crippen LogP contribution is 2.45. The van der Waals surface area contributed by atoms with E-state index in [-0.39, 0.29) is 91.5 Å². The lowest BCUT2D eigenvalue weighted by Crippen LogP contribution is -2.61. The average Bonchev–Trinajstić information content (AvgIpc) is 0.956. The number of sulfone groups is 1. The first kappa shape index (κ1) is 121. The number of nitro groups is 2. The Morgan fingerprint density at radius 3 is 1.26 bits per heavy atom. The number of methoxy groups -OCH3 is 2. The van der Waals surface area contributed by atoms with E-state index in [1.807, 2.05) is 83.7 Å². The summed E-state index contributed by atoms with van der Waals surface area (Å²) < 4.78 is 106. The lowest BCUT2D eigenvalue weighted by molar-refractivity contribution is -0.385. The van der Waals surface area contributed by atoms with E-state index in [1.54, 1.807) is 129 Å². The maximum atomic E-state index is 14.5. The zero-order valence-electron chi connectivity index (χ0n) is 89.1. The Morgan fingerprint density at radius 1 is 0.528 bits per heavy atom. The lowest BCUT2D eigenvalue weighted by Gasteiger charge is -2.49. The Kier molecular flexibility index (Phi) is 43.6. The number of nitro benzene ring substituents is 2. The number of non-ortho nitro benzene ring substituents is 2. The molecule has 820 valence electrons. The number of hydrogen-bond acceptors (Lipinski definition) is 39. The fraction of sp³-hybridized carbons (Fsp3) is 0.820. The first-order valence-corrected chi connectivity index (χ1v) is 53.5. The quantitative estimate of drug-likeness (QED) is 0.00767. The van der Waals surface area contributed by atoms with E-state index in [9.17, 15) is 89.3 Å². The molecule has 0 unspecified atom stereocenters. The maximum Gasteiger partial charge on any atom is 0.311 e. The van der Waals surface area contributed by atoms with E-state index < -0.39 is 230 Å². The van der Waals surface area contributed by atoms with E-state index in [0.29, 0.717) is 64.1 Å². The Balaban J connectivity index is 0.000000321. The molecule has 44 heteroatoms. The van der Waals surface area contributed by atoms with Crippen LogP contribution in [0.15, 0.2) is 70.7 Å².